The molecule has 0 radical (unpaired) electrons. The Labute approximate surface area is 119 Å². The highest BCUT2D eigenvalue weighted by Gasteiger charge is 2.22. The maximum absolute atomic E-state index is 5.67. The van der Waals surface area contributed by atoms with Gasteiger partial charge in [-0.1, -0.05) is 6.92 Å². The van der Waals surface area contributed by atoms with Gasteiger partial charge in [-0.05, 0) is 20.3 Å². The molecule has 0 aromatic carbocycles. The molecule has 1 aliphatic heterocycles. The monoisotopic (exact) mass is 281 g/mol. The van der Waals surface area contributed by atoms with Gasteiger partial charge < -0.3 is 19.7 Å². The number of ether oxygens (including phenoxy) is 2. The first-order valence-corrected chi connectivity index (χ1v) is 7.09. The second kappa shape index (κ2) is 6.69. The first kappa shape index (κ1) is 14.8. The van der Waals surface area contributed by atoms with Crippen molar-refractivity contribution in [2.75, 3.05) is 37.0 Å². The summed E-state index contributed by atoms with van der Waals surface area (Å²) in [6.45, 7) is 8.29. The molecule has 0 amide bonds. The van der Waals surface area contributed by atoms with E-state index in [0.717, 1.165) is 19.5 Å². The second-order valence-electron chi connectivity index (χ2n) is 5.01. The van der Waals surface area contributed by atoms with E-state index in [0.29, 0.717) is 24.5 Å². The largest absolute Gasteiger partial charge is 0.461 e. The highest BCUT2D eigenvalue weighted by molar-refractivity contribution is 5.38. The summed E-state index contributed by atoms with van der Waals surface area (Å²) in [5.41, 5.74) is 0. The molecule has 1 N–H and O–H groups in total. The molecule has 0 spiro atoms. The lowest BCUT2D eigenvalue weighted by atomic mass is 10.2. The first-order chi connectivity index (χ1) is 9.62. The minimum absolute atomic E-state index is 0.0306. The zero-order valence-corrected chi connectivity index (χ0v) is 12.6. The van der Waals surface area contributed by atoms with Gasteiger partial charge in [-0.3, -0.25) is 0 Å². The molecule has 1 fully saturated rings. The van der Waals surface area contributed by atoms with Crippen molar-refractivity contribution in [3.8, 4) is 6.01 Å². The third-order valence-corrected chi connectivity index (χ3v) is 3.04. The lowest BCUT2D eigenvalue weighted by Gasteiger charge is -2.32. The lowest BCUT2D eigenvalue weighted by Crippen LogP contribution is -2.43. The van der Waals surface area contributed by atoms with Gasteiger partial charge in [0.05, 0.1) is 18.8 Å². The lowest BCUT2D eigenvalue weighted by molar-refractivity contribution is 0.0378. The maximum atomic E-state index is 5.67. The van der Waals surface area contributed by atoms with Crippen molar-refractivity contribution in [2.24, 2.45) is 0 Å². The minimum Gasteiger partial charge on any atom is -0.461 e. The van der Waals surface area contributed by atoms with Crippen LogP contribution in [0.2, 0.25) is 0 Å². The van der Waals surface area contributed by atoms with Crippen molar-refractivity contribution >= 4 is 11.9 Å². The summed E-state index contributed by atoms with van der Waals surface area (Å²) in [5.74, 6) is 1.16. The van der Waals surface area contributed by atoms with Gasteiger partial charge in [-0.2, -0.15) is 15.0 Å². The number of nitrogens with one attached hydrogen (secondary N) is 1. The van der Waals surface area contributed by atoms with Crippen LogP contribution in [0.25, 0.3) is 0 Å². The highest BCUT2D eigenvalue weighted by Crippen LogP contribution is 2.19. The number of anilines is 2. The number of nitrogens with zero attached hydrogens (tertiary/aromatic N) is 4. The standard InChI is InChI=1S/C13H23N5O2/c1-5-10-8-18(6-7-19-10)12-15-11(14-4)16-13(17-12)20-9(2)3/h9-10H,5-8H2,1-4H3,(H,14,15,16,17). The van der Waals surface area contributed by atoms with Gasteiger partial charge in [0, 0.05) is 20.1 Å². The smallest absolute Gasteiger partial charge is 0.323 e. The fraction of sp³-hybridized carbons (Fsp3) is 0.769. The summed E-state index contributed by atoms with van der Waals surface area (Å²) in [7, 11) is 1.78. The Balaban J connectivity index is 2.20. The molecule has 7 nitrogen and oxygen atoms in total. The average molecular weight is 281 g/mol. The Morgan fingerprint density at radius 3 is 2.85 bits per heavy atom. The van der Waals surface area contributed by atoms with Gasteiger partial charge in [-0.15, -0.1) is 0 Å². The van der Waals surface area contributed by atoms with Gasteiger partial charge >= 0.3 is 6.01 Å². The molecule has 1 saturated heterocycles. The van der Waals surface area contributed by atoms with E-state index in [2.05, 4.69) is 32.1 Å². The van der Waals surface area contributed by atoms with Crippen molar-refractivity contribution < 1.29 is 9.47 Å². The molecule has 1 aromatic rings. The highest BCUT2D eigenvalue weighted by atomic mass is 16.5. The molecular weight excluding hydrogens is 258 g/mol. The zero-order valence-electron chi connectivity index (χ0n) is 12.6. The summed E-state index contributed by atoms with van der Waals surface area (Å²) in [6, 6.07) is 0.355. The Morgan fingerprint density at radius 2 is 2.20 bits per heavy atom. The molecule has 7 heteroatoms. The number of hydrogen-bond acceptors (Lipinski definition) is 7. The van der Waals surface area contributed by atoms with E-state index in [1.807, 2.05) is 13.8 Å². The van der Waals surface area contributed by atoms with E-state index in [9.17, 15) is 0 Å². The van der Waals surface area contributed by atoms with Gasteiger partial charge in [0.15, 0.2) is 0 Å². The Kier molecular flexibility index (Phi) is 4.94. The molecule has 2 heterocycles. The third kappa shape index (κ3) is 3.69. The van der Waals surface area contributed by atoms with Crippen LogP contribution in [0.1, 0.15) is 27.2 Å². The fourth-order valence-electron chi connectivity index (χ4n) is 2.01. The van der Waals surface area contributed by atoms with Crippen LogP contribution in [0.3, 0.4) is 0 Å². The number of hydrogen-bond donors (Lipinski definition) is 1. The molecular formula is C13H23N5O2. The Bertz CT molecular complexity index is 441. The molecule has 2 rings (SSSR count). The molecule has 0 saturated carbocycles. The minimum atomic E-state index is 0.0306. The van der Waals surface area contributed by atoms with Crippen LogP contribution in [0.15, 0.2) is 0 Å². The van der Waals surface area contributed by atoms with E-state index in [1.54, 1.807) is 7.05 Å². The first-order valence-electron chi connectivity index (χ1n) is 7.09. The molecule has 0 bridgehead atoms. The molecule has 0 aliphatic carbocycles. The predicted molar refractivity (Wildman–Crippen MR) is 77.4 cm³/mol. The van der Waals surface area contributed by atoms with Gasteiger partial charge in [0.1, 0.15) is 0 Å². The third-order valence-electron chi connectivity index (χ3n) is 3.04. The summed E-state index contributed by atoms with van der Waals surface area (Å²) in [5, 5.41) is 2.95. The summed E-state index contributed by atoms with van der Waals surface area (Å²) >= 11 is 0. The molecule has 1 unspecified atom stereocenters. The van der Waals surface area contributed by atoms with Crippen molar-refractivity contribution in [1.82, 2.24) is 15.0 Å². The van der Waals surface area contributed by atoms with E-state index < -0.39 is 0 Å². The van der Waals surface area contributed by atoms with E-state index in [4.69, 9.17) is 9.47 Å². The summed E-state index contributed by atoms with van der Waals surface area (Å²) < 4.78 is 11.3. The van der Waals surface area contributed by atoms with Crippen LogP contribution >= 0.6 is 0 Å². The van der Waals surface area contributed by atoms with Gasteiger partial charge in [0.2, 0.25) is 11.9 Å². The fourth-order valence-corrected chi connectivity index (χ4v) is 2.01. The van der Waals surface area contributed by atoms with Crippen LogP contribution in [-0.2, 0) is 4.74 Å². The van der Waals surface area contributed by atoms with Crippen molar-refractivity contribution in [3.63, 3.8) is 0 Å². The summed E-state index contributed by atoms with van der Waals surface area (Å²) in [4.78, 5) is 15.1. The van der Waals surface area contributed by atoms with Crippen LogP contribution in [0.5, 0.6) is 6.01 Å². The van der Waals surface area contributed by atoms with Crippen molar-refractivity contribution in [3.05, 3.63) is 0 Å². The maximum Gasteiger partial charge on any atom is 0.323 e. The molecule has 112 valence electrons. The van der Waals surface area contributed by atoms with Crippen LogP contribution in [0.4, 0.5) is 11.9 Å². The second-order valence-corrected chi connectivity index (χ2v) is 5.01. The molecule has 1 aromatic heterocycles. The van der Waals surface area contributed by atoms with E-state index in [1.165, 1.54) is 0 Å². The summed E-state index contributed by atoms with van der Waals surface area (Å²) in [6.07, 6.45) is 1.24. The Hall–Kier alpha value is -1.63. The average Bonchev–Trinajstić information content (AvgIpc) is 2.46. The van der Waals surface area contributed by atoms with Crippen molar-refractivity contribution in [1.29, 1.82) is 0 Å². The zero-order chi connectivity index (χ0) is 14.5. The molecule has 1 aliphatic rings. The van der Waals surface area contributed by atoms with Gasteiger partial charge in [0.25, 0.3) is 0 Å². The predicted octanol–water partition coefficient (Wildman–Crippen LogP) is 1.32. The van der Waals surface area contributed by atoms with Crippen LogP contribution < -0.4 is 15.0 Å². The number of morpholine rings is 1. The number of aromatic nitrogens is 3. The number of rotatable bonds is 5. The molecule has 20 heavy (non-hydrogen) atoms. The Morgan fingerprint density at radius 1 is 1.40 bits per heavy atom. The normalized spacial score (nSPS) is 19.2. The van der Waals surface area contributed by atoms with Crippen molar-refractivity contribution in [2.45, 2.75) is 39.4 Å². The topological polar surface area (TPSA) is 72.4 Å². The SMILES string of the molecule is CCC1CN(c2nc(NC)nc(OC(C)C)n2)CCO1. The quantitative estimate of drug-likeness (QED) is 0.872. The molecule has 1 atom stereocenters. The van der Waals surface area contributed by atoms with E-state index in [-0.39, 0.29) is 12.2 Å². The van der Waals surface area contributed by atoms with E-state index >= 15 is 0 Å². The van der Waals surface area contributed by atoms with Gasteiger partial charge in [-0.25, -0.2) is 0 Å². The van der Waals surface area contributed by atoms with Crippen LogP contribution in [0, 0.1) is 0 Å². The van der Waals surface area contributed by atoms with Crippen LogP contribution in [-0.4, -0.2) is 53.9 Å².